The first-order valence-corrected chi connectivity index (χ1v) is 9.63. The van der Waals surface area contributed by atoms with Crippen molar-refractivity contribution in [3.63, 3.8) is 0 Å². The lowest BCUT2D eigenvalue weighted by molar-refractivity contribution is -0.918. The Hall–Kier alpha value is -2.92. The maximum absolute atomic E-state index is 6.03. The fourth-order valence-corrected chi connectivity index (χ4v) is 4.05. The van der Waals surface area contributed by atoms with E-state index in [1.165, 1.54) is 18.7 Å². The monoisotopic (exact) mass is 359 g/mol. The third kappa shape index (κ3) is 3.26. The molecule has 1 fully saturated rings. The molecule has 0 saturated carbocycles. The molecular formula is C22H23N4O+. The number of rotatable bonds is 4. The number of para-hydroxylation sites is 1. The van der Waals surface area contributed by atoms with Crippen LogP contribution in [-0.2, 0) is 6.54 Å². The first-order chi connectivity index (χ1) is 13.4. The summed E-state index contributed by atoms with van der Waals surface area (Å²) in [6.45, 7) is 3.44. The molecule has 4 aromatic rings. The number of aromatic nitrogens is 2. The largest absolute Gasteiger partial charge is 0.450 e. The van der Waals surface area contributed by atoms with Crippen molar-refractivity contribution in [2.75, 3.05) is 18.4 Å². The zero-order valence-corrected chi connectivity index (χ0v) is 15.2. The summed E-state index contributed by atoms with van der Waals surface area (Å²) in [7, 11) is 0. The molecule has 2 aromatic heterocycles. The Morgan fingerprint density at radius 2 is 1.74 bits per heavy atom. The van der Waals surface area contributed by atoms with Gasteiger partial charge in [-0.3, -0.25) is 0 Å². The van der Waals surface area contributed by atoms with Gasteiger partial charge in [0.25, 0.3) is 0 Å². The quantitative estimate of drug-likeness (QED) is 0.588. The van der Waals surface area contributed by atoms with Gasteiger partial charge in [0.1, 0.15) is 24.0 Å². The number of furan rings is 1. The van der Waals surface area contributed by atoms with Gasteiger partial charge >= 0.3 is 0 Å². The highest BCUT2D eigenvalue weighted by Gasteiger charge is 2.24. The number of nitrogens with one attached hydrogen (secondary N) is 2. The Morgan fingerprint density at radius 1 is 0.963 bits per heavy atom. The van der Waals surface area contributed by atoms with E-state index in [4.69, 9.17) is 4.42 Å². The van der Waals surface area contributed by atoms with Gasteiger partial charge in [0.05, 0.1) is 13.1 Å². The standard InChI is InChI=1S/C22H22N4O/c1-2-6-16(7-3-1)14-26-12-10-17(11-13-26)25-22-21-20(23-15-24-22)18-8-4-5-9-19(18)27-21/h1-9,15,17H,10-14H2,(H,23,24,25)/p+1. The van der Waals surface area contributed by atoms with Crippen LogP contribution in [0.15, 0.2) is 65.3 Å². The Morgan fingerprint density at radius 3 is 2.59 bits per heavy atom. The molecule has 3 heterocycles. The number of likely N-dealkylation sites (tertiary alicyclic amines) is 1. The van der Waals surface area contributed by atoms with Crippen LogP contribution in [0.1, 0.15) is 18.4 Å². The lowest BCUT2D eigenvalue weighted by Crippen LogP contribution is -3.12. The number of fused-ring (bicyclic) bond motifs is 3. The van der Waals surface area contributed by atoms with E-state index in [1.54, 1.807) is 11.2 Å². The van der Waals surface area contributed by atoms with Crippen LogP contribution in [-0.4, -0.2) is 29.1 Å². The molecule has 0 atom stereocenters. The molecule has 0 amide bonds. The van der Waals surface area contributed by atoms with Crippen LogP contribution in [0.2, 0.25) is 0 Å². The zero-order valence-electron chi connectivity index (χ0n) is 15.2. The Labute approximate surface area is 158 Å². The van der Waals surface area contributed by atoms with E-state index in [-0.39, 0.29) is 0 Å². The second-order valence-corrected chi connectivity index (χ2v) is 7.33. The highest BCUT2D eigenvalue weighted by Crippen LogP contribution is 2.30. The smallest absolute Gasteiger partial charge is 0.196 e. The van der Waals surface area contributed by atoms with E-state index in [0.717, 1.165) is 47.3 Å². The second kappa shape index (κ2) is 7.00. The van der Waals surface area contributed by atoms with Crippen molar-refractivity contribution in [2.45, 2.75) is 25.4 Å². The van der Waals surface area contributed by atoms with Crippen molar-refractivity contribution in [3.8, 4) is 0 Å². The van der Waals surface area contributed by atoms with Crippen LogP contribution in [0.4, 0.5) is 5.82 Å². The predicted octanol–water partition coefficient (Wildman–Crippen LogP) is 3.04. The number of piperidine rings is 1. The first-order valence-electron chi connectivity index (χ1n) is 9.63. The minimum atomic E-state index is 0.427. The molecule has 136 valence electrons. The number of hydrogen-bond acceptors (Lipinski definition) is 4. The molecule has 1 aliphatic heterocycles. The summed E-state index contributed by atoms with van der Waals surface area (Å²) < 4.78 is 6.03. The van der Waals surface area contributed by atoms with E-state index >= 15 is 0 Å². The van der Waals surface area contributed by atoms with Gasteiger partial charge in [-0.1, -0.05) is 42.5 Å². The molecular weight excluding hydrogens is 336 g/mol. The topological polar surface area (TPSA) is 55.4 Å². The van der Waals surface area contributed by atoms with Gasteiger partial charge in [-0.2, -0.15) is 0 Å². The van der Waals surface area contributed by atoms with Crippen LogP contribution >= 0.6 is 0 Å². The minimum Gasteiger partial charge on any atom is -0.450 e. The predicted molar refractivity (Wildman–Crippen MR) is 107 cm³/mol. The highest BCUT2D eigenvalue weighted by molar-refractivity contribution is 6.05. The molecule has 2 aromatic carbocycles. The van der Waals surface area contributed by atoms with Crippen molar-refractivity contribution in [3.05, 3.63) is 66.5 Å². The van der Waals surface area contributed by atoms with Crippen molar-refractivity contribution < 1.29 is 9.32 Å². The molecule has 0 radical (unpaired) electrons. The van der Waals surface area contributed by atoms with Crippen LogP contribution < -0.4 is 10.2 Å². The molecule has 1 aliphatic rings. The molecule has 5 nitrogen and oxygen atoms in total. The third-order valence-corrected chi connectivity index (χ3v) is 5.49. The molecule has 27 heavy (non-hydrogen) atoms. The molecule has 0 unspecified atom stereocenters. The van der Waals surface area contributed by atoms with Gasteiger partial charge in [-0.15, -0.1) is 0 Å². The summed E-state index contributed by atoms with van der Waals surface area (Å²) in [6.07, 6.45) is 3.89. The van der Waals surface area contributed by atoms with Gasteiger partial charge < -0.3 is 14.6 Å². The summed E-state index contributed by atoms with van der Waals surface area (Å²) in [4.78, 5) is 10.5. The summed E-state index contributed by atoms with van der Waals surface area (Å²) in [6, 6.07) is 19.2. The van der Waals surface area contributed by atoms with Gasteiger partial charge in [0, 0.05) is 29.8 Å². The Balaban J connectivity index is 1.29. The number of benzene rings is 2. The molecule has 0 bridgehead atoms. The van der Waals surface area contributed by atoms with Gasteiger partial charge in [0.2, 0.25) is 0 Å². The summed E-state index contributed by atoms with van der Waals surface area (Å²) in [5, 5.41) is 4.65. The van der Waals surface area contributed by atoms with Gasteiger partial charge in [-0.25, -0.2) is 9.97 Å². The van der Waals surface area contributed by atoms with Crippen molar-refractivity contribution in [1.29, 1.82) is 0 Å². The van der Waals surface area contributed by atoms with E-state index in [2.05, 4.69) is 45.6 Å². The number of nitrogens with zero attached hydrogens (tertiary/aromatic N) is 2. The van der Waals surface area contributed by atoms with E-state index in [9.17, 15) is 0 Å². The normalized spacial score (nSPS) is 20.1. The van der Waals surface area contributed by atoms with E-state index in [1.807, 2.05) is 24.3 Å². The average molecular weight is 359 g/mol. The SMILES string of the molecule is c1ccc(C[NH+]2CCC(Nc3ncnc4c3oc3ccccc34)CC2)cc1. The van der Waals surface area contributed by atoms with Gasteiger partial charge in [-0.05, 0) is 12.1 Å². The number of anilines is 1. The minimum absolute atomic E-state index is 0.427. The lowest BCUT2D eigenvalue weighted by Gasteiger charge is -2.30. The average Bonchev–Trinajstić information content (AvgIpc) is 3.10. The van der Waals surface area contributed by atoms with E-state index < -0.39 is 0 Å². The first kappa shape index (κ1) is 16.3. The summed E-state index contributed by atoms with van der Waals surface area (Å²) >= 11 is 0. The molecule has 0 spiro atoms. The molecule has 2 N–H and O–H groups in total. The second-order valence-electron chi connectivity index (χ2n) is 7.33. The molecule has 5 rings (SSSR count). The van der Waals surface area contributed by atoms with Crippen molar-refractivity contribution in [1.82, 2.24) is 9.97 Å². The summed E-state index contributed by atoms with van der Waals surface area (Å²) in [5.41, 5.74) is 3.92. The fraction of sp³-hybridized carbons (Fsp3) is 0.273. The van der Waals surface area contributed by atoms with Crippen LogP contribution in [0, 0.1) is 0 Å². The number of quaternary nitrogens is 1. The number of hydrogen-bond donors (Lipinski definition) is 2. The van der Waals surface area contributed by atoms with Crippen LogP contribution in [0.3, 0.4) is 0 Å². The molecule has 5 heteroatoms. The Kier molecular flexibility index (Phi) is 4.22. The zero-order chi connectivity index (χ0) is 18.1. The maximum Gasteiger partial charge on any atom is 0.196 e. The summed E-state index contributed by atoms with van der Waals surface area (Å²) in [5.74, 6) is 0.813. The molecule has 0 aliphatic carbocycles. The van der Waals surface area contributed by atoms with Crippen LogP contribution in [0.5, 0.6) is 0 Å². The van der Waals surface area contributed by atoms with Crippen LogP contribution in [0.25, 0.3) is 22.1 Å². The molecule has 1 saturated heterocycles. The lowest BCUT2D eigenvalue weighted by atomic mass is 10.0. The van der Waals surface area contributed by atoms with Crippen molar-refractivity contribution in [2.24, 2.45) is 0 Å². The van der Waals surface area contributed by atoms with E-state index in [0.29, 0.717) is 6.04 Å². The fourth-order valence-electron chi connectivity index (χ4n) is 4.05. The third-order valence-electron chi connectivity index (χ3n) is 5.49. The highest BCUT2D eigenvalue weighted by atomic mass is 16.3. The van der Waals surface area contributed by atoms with Gasteiger partial charge in [0.15, 0.2) is 11.4 Å². The maximum atomic E-state index is 6.03. The van der Waals surface area contributed by atoms with Crippen molar-refractivity contribution >= 4 is 27.9 Å². The Bertz CT molecular complexity index is 1050.